The molecular formula is C32H30F2N4O5S2. The van der Waals surface area contributed by atoms with Gasteiger partial charge in [-0.05, 0) is 79.3 Å². The fraction of sp³-hybridized carbons (Fsp3) is 0.219. The fourth-order valence-corrected chi connectivity index (χ4v) is 5.77. The lowest BCUT2D eigenvalue weighted by molar-refractivity contribution is 0.0174. The molecule has 0 aliphatic heterocycles. The Kier molecular flexibility index (Phi) is 9.14. The summed E-state index contributed by atoms with van der Waals surface area (Å²) in [5.74, 6) is -2.96. The number of aliphatic imine (C=N–C) groups is 1. The normalized spacial score (nSPS) is 14.6. The summed E-state index contributed by atoms with van der Waals surface area (Å²) in [4.78, 5) is 20.3. The van der Waals surface area contributed by atoms with Crippen LogP contribution in [0.25, 0.3) is 5.70 Å². The first-order valence-corrected chi connectivity index (χ1v) is 16.3. The van der Waals surface area contributed by atoms with Gasteiger partial charge in [0.25, 0.3) is 5.92 Å². The number of aromatic carboxylic acids is 1. The average Bonchev–Trinajstić information content (AvgIpc) is 3.68. The lowest BCUT2D eigenvalue weighted by atomic mass is 9.93. The first kappa shape index (κ1) is 31.9. The summed E-state index contributed by atoms with van der Waals surface area (Å²) in [6.07, 6.45) is 2.88. The molecule has 9 nitrogen and oxygen atoms in total. The van der Waals surface area contributed by atoms with Crippen LogP contribution >= 0.6 is 11.3 Å². The quantitative estimate of drug-likeness (QED) is 0.141. The number of rotatable bonds is 12. The highest BCUT2D eigenvalue weighted by atomic mass is 32.2. The lowest BCUT2D eigenvalue weighted by Crippen LogP contribution is -2.15. The maximum absolute atomic E-state index is 13.7. The van der Waals surface area contributed by atoms with E-state index >= 15 is 0 Å². The van der Waals surface area contributed by atoms with Crippen molar-refractivity contribution in [3.63, 3.8) is 0 Å². The van der Waals surface area contributed by atoms with Crippen molar-refractivity contribution < 1.29 is 31.8 Å². The highest BCUT2D eigenvalue weighted by Crippen LogP contribution is 2.37. The summed E-state index contributed by atoms with van der Waals surface area (Å²) in [6.45, 7) is 0.827. The van der Waals surface area contributed by atoms with E-state index in [1.807, 2.05) is 0 Å². The standard InChI is InChI=1S/C32H30F2N4O5S2/c1-32(33,34)22-9-11-23(12-10-22)43-24-4-2-3-21(17-24)29(35)26(15-19-7-13-25(14-8-19)45(36,41)42)27(16-20-5-6-20)37-31-38-28(18-44-31)30(39)40/h2-4,7-14,17-18,20H,5-6,15-16,35H2,1H3,(H,39,40)(H2,36,41,42). The molecule has 1 fully saturated rings. The zero-order valence-electron chi connectivity index (χ0n) is 24.1. The van der Waals surface area contributed by atoms with Crippen molar-refractivity contribution in [2.75, 3.05) is 0 Å². The molecule has 0 saturated heterocycles. The molecule has 45 heavy (non-hydrogen) atoms. The van der Waals surface area contributed by atoms with Gasteiger partial charge in [-0.15, -0.1) is 11.3 Å². The van der Waals surface area contributed by atoms with Crippen LogP contribution in [0.1, 0.15) is 53.4 Å². The minimum atomic E-state index is -3.88. The molecule has 13 heteroatoms. The van der Waals surface area contributed by atoms with Gasteiger partial charge in [-0.3, -0.25) is 0 Å². The number of ether oxygens (including phenoxy) is 1. The first-order chi connectivity index (χ1) is 21.3. The van der Waals surface area contributed by atoms with Crippen LogP contribution in [0.2, 0.25) is 0 Å². The molecule has 234 valence electrons. The van der Waals surface area contributed by atoms with Gasteiger partial charge in [0, 0.05) is 46.8 Å². The Morgan fingerprint density at radius 1 is 1.09 bits per heavy atom. The van der Waals surface area contributed by atoms with Crippen LogP contribution in [0, 0.1) is 5.92 Å². The number of carboxylic acids is 1. The number of primary sulfonamides is 1. The van der Waals surface area contributed by atoms with E-state index in [0.29, 0.717) is 46.4 Å². The molecular weight excluding hydrogens is 623 g/mol. The van der Waals surface area contributed by atoms with Crippen molar-refractivity contribution in [2.24, 2.45) is 21.8 Å². The highest BCUT2D eigenvalue weighted by molar-refractivity contribution is 7.89. The summed E-state index contributed by atoms with van der Waals surface area (Å²) in [6, 6.07) is 18.7. The van der Waals surface area contributed by atoms with E-state index in [1.54, 1.807) is 36.4 Å². The van der Waals surface area contributed by atoms with Crippen LogP contribution < -0.4 is 15.6 Å². The van der Waals surface area contributed by atoms with E-state index in [4.69, 9.17) is 20.6 Å². The Labute approximate surface area is 263 Å². The molecule has 3 aromatic carbocycles. The first-order valence-electron chi connectivity index (χ1n) is 13.9. The number of thiazole rings is 1. The van der Waals surface area contributed by atoms with Gasteiger partial charge >= 0.3 is 5.97 Å². The second kappa shape index (κ2) is 12.9. The molecule has 0 amide bonds. The molecule has 5 N–H and O–H groups in total. The topological polar surface area (TPSA) is 158 Å². The molecule has 0 unspecified atom stereocenters. The molecule has 0 bridgehead atoms. The number of carboxylic acid groups (broad SMARTS) is 1. The van der Waals surface area contributed by atoms with Crippen LogP contribution in [0.5, 0.6) is 11.5 Å². The van der Waals surface area contributed by atoms with Crippen molar-refractivity contribution in [3.05, 3.63) is 106 Å². The zero-order valence-corrected chi connectivity index (χ0v) is 25.7. The number of alkyl halides is 2. The summed E-state index contributed by atoms with van der Waals surface area (Å²) in [5, 5.41) is 16.3. The smallest absolute Gasteiger partial charge is 0.355 e. The number of nitrogens with zero attached hydrogens (tertiary/aromatic N) is 2. The van der Waals surface area contributed by atoms with Gasteiger partial charge < -0.3 is 15.6 Å². The maximum atomic E-state index is 13.7. The van der Waals surface area contributed by atoms with Crippen molar-refractivity contribution in [3.8, 4) is 11.5 Å². The third kappa shape index (κ3) is 8.38. The van der Waals surface area contributed by atoms with E-state index in [2.05, 4.69) is 4.98 Å². The van der Waals surface area contributed by atoms with Gasteiger partial charge in [0.1, 0.15) is 11.5 Å². The van der Waals surface area contributed by atoms with E-state index in [1.165, 1.54) is 41.8 Å². The Morgan fingerprint density at radius 2 is 1.78 bits per heavy atom. The molecule has 1 saturated carbocycles. The molecule has 4 aromatic rings. The van der Waals surface area contributed by atoms with Gasteiger partial charge in [-0.1, -0.05) is 24.3 Å². The maximum Gasteiger partial charge on any atom is 0.355 e. The van der Waals surface area contributed by atoms with Gasteiger partial charge in [-0.25, -0.2) is 37.1 Å². The number of aromatic nitrogens is 1. The van der Waals surface area contributed by atoms with Crippen molar-refractivity contribution >= 4 is 43.9 Å². The number of benzene rings is 3. The van der Waals surface area contributed by atoms with Gasteiger partial charge in [0.15, 0.2) is 5.69 Å². The predicted octanol–water partition coefficient (Wildman–Crippen LogP) is 6.88. The monoisotopic (exact) mass is 652 g/mol. The third-order valence-corrected chi connectivity index (χ3v) is 8.83. The Bertz CT molecular complexity index is 1880. The van der Waals surface area contributed by atoms with Crippen LogP contribution in [-0.4, -0.2) is 30.2 Å². The number of halogens is 2. The molecule has 0 atom stereocenters. The van der Waals surface area contributed by atoms with Gasteiger partial charge in [0.2, 0.25) is 15.2 Å². The van der Waals surface area contributed by atoms with Gasteiger partial charge in [-0.2, -0.15) is 0 Å². The second-order valence-corrected chi connectivity index (χ2v) is 13.2. The minimum Gasteiger partial charge on any atom is -0.476 e. The molecule has 5 rings (SSSR count). The van der Waals surface area contributed by atoms with Gasteiger partial charge in [0.05, 0.1) is 4.90 Å². The number of nitrogens with two attached hydrogens (primary N) is 2. The van der Waals surface area contributed by atoms with Crippen LogP contribution in [0.4, 0.5) is 13.9 Å². The molecule has 0 radical (unpaired) electrons. The minimum absolute atomic E-state index is 0.0267. The van der Waals surface area contributed by atoms with Crippen LogP contribution in [-0.2, 0) is 22.4 Å². The summed E-state index contributed by atoms with van der Waals surface area (Å²) < 4.78 is 56.9. The molecule has 1 aromatic heterocycles. The van der Waals surface area contributed by atoms with Crippen molar-refractivity contribution in [1.82, 2.24) is 4.98 Å². The fourth-order valence-electron chi connectivity index (χ4n) is 4.57. The van der Waals surface area contributed by atoms with E-state index in [9.17, 15) is 27.1 Å². The average molecular weight is 653 g/mol. The number of sulfonamides is 1. The predicted molar refractivity (Wildman–Crippen MR) is 169 cm³/mol. The van der Waals surface area contributed by atoms with Crippen molar-refractivity contribution in [2.45, 2.75) is 43.4 Å². The van der Waals surface area contributed by atoms with E-state index < -0.39 is 21.9 Å². The molecule has 1 heterocycles. The van der Waals surface area contributed by atoms with E-state index in [0.717, 1.165) is 36.7 Å². The van der Waals surface area contributed by atoms with Crippen LogP contribution in [0.3, 0.4) is 0 Å². The third-order valence-electron chi connectivity index (χ3n) is 7.17. The zero-order chi connectivity index (χ0) is 32.4. The number of hydrogen-bond donors (Lipinski definition) is 3. The van der Waals surface area contributed by atoms with Crippen molar-refractivity contribution in [1.29, 1.82) is 0 Å². The number of carbonyl (C=O) groups is 1. The second-order valence-electron chi connectivity index (χ2n) is 10.8. The molecule has 1 aliphatic carbocycles. The summed E-state index contributed by atoms with van der Waals surface area (Å²) >= 11 is 1.11. The van der Waals surface area contributed by atoms with E-state index in [-0.39, 0.29) is 27.7 Å². The SMILES string of the molecule is CC(F)(F)c1ccc(Oc2cccc(C(N)=C(Cc3ccc(S(N)(=O)=O)cc3)C(CC3CC3)=Nc3nc(C(=O)O)cs3)c2)cc1. The Hall–Kier alpha value is -4.46. The Morgan fingerprint density at radius 3 is 2.36 bits per heavy atom. The number of hydrogen-bond acceptors (Lipinski definition) is 8. The summed E-state index contributed by atoms with van der Waals surface area (Å²) in [7, 11) is -3.88. The molecule has 1 aliphatic rings. The summed E-state index contributed by atoms with van der Waals surface area (Å²) in [5.41, 5.74) is 9.64. The Balaban J connectivity index is 1.55. The largest absolute Gasteiger partial charge is 0.476 e. The molecule has 0 spiro atoms. The lowest BCUT2D eigenvalue weighted by Gasteiger charge is -2.17. The number of allylic oxidation sites excluding steroid dienone is 1. The van der Waals surface area contributed by atoms with Crippen LogP contribution in [0.15, 0.2) is 93.6 Å². The highest BCUT2D eigenvalue weighted by Gasteiger charge is 2.27.